The van der Waals surface area contributed by atoms with Gasteiger partial charge in [0.2, 0.25) is 0 Å². The van der Waals surface area contributed by atoms with Gasteiger partial charge < -0.3 is 9.64 Å². The van der Waals surface area contributed by atoms with Crippen molar-refractivity contribution >= 4 is 33.2 Å². The molecule has 12 heteroatoms. The Kier molecular flexibility index (Phi) is 6.32. The van der Waals surface area contributed by atoms with Crippen LogP contribution in [0.1, 0.15) is 36.9 Å². The first kappa shape index (κ1) is 23.1. The van der Waals surface area contributed by atoms with Crippen molar-refractivity contribution in [3.63, 3.8) is 0 Å². The second kappa shape index (κ2) is 9.04. The maximum absolute atomic E-state index is 13.1. The number of hydrogen-bond donors (Lipinski definition) is 1. The predicted molar refractivity (Wildman–Crippen MR) is 118 cm³/mol. The number of benzene rings is 1. The van der Waals surface area contributed by atoms with Gasteiger partial charge in [-0.25, -0.2) is 22.3 Å². The number of thiophene rings is 1. The third kappa shape index (κ3) is 4.54. The molecule has 0 spiro atoms. The summed E-state index contributed by atoms with van der Waals surface area (Å²) in [6.07, 6.45) is 1.84. The number of rotatable bonds is 6. The van der Waals surface area contributed by atoms with Gasteiger partial charge in [-0.2, -0.15) is 5.10 Å². The molecule has 0 bridgehead atoms. The van der Waals surface area contributed by atoms with Gasteiger partial charge in [0.1, 0.15) is 15.7 Å². The summed E-state index contributed by atoms with van der Waals surface area (Å²) in [5.74, 6) is -1.40. The van der Waals surface area contributed by atoms with Gasteiger partial charge in [0.15, 0.2) is 0 Å². The van der Waals surface area contributed by atoms with Crippen LogP contribution in [0.5, 0.6) is 0 Å². The van der Waals surface area contributed by atoms with E-state index in [-0.39, 0.29) is 28.8 Å². The lowest BCUT2D eigenvalue weighted by molar-refractivity contribution is 0.0595. The SMILES string of the molecule is COC(=O)c1c(S(=O)(=O)NCc2ccc(F)cc2)sc2c1CCN(C(=O)c1ccnn1C)C2. The summed E-state index contributed by atoms with van der Waals surface area (Å²) in [5.41, 5.74) is 1.55. The van der Waals surface area contributed by atoms with Gasteiger partial charge >= 0.3 is 5.97 Å². The molecule has 0 saturated carbocycles. The van der Waals surface area contributed by atoms with Crippen molar-refractivity contribution in [3.8, 4) is 0 Å². The summed E-state index contributed by atoms with van der Waals surface area (Å²) in [6, 6.07) is 7.03. The average Bonchev–Trinajstić information content (AvgIpc) is 3.41. The minimum atomic E-state index is -4.08. The van der Waals surface area contributed by atoms with E-state index in [1.54, 1.807) is 18.0 Å². The molecule has 1 amide bonds. The fourth-order valence-electron chi connectivity index (χ4n) is 3.64. The highest BCUT2D eigenvalue weighted by Crippen LogP contribution is 2.37. The van der Waals surface area contributed by atoms with Gasteiger partial charge in [-0.05, 0) is 35.7 Å². The molecule has 1 aromatic carbocycles. The first-order valence-corrected chi connectivity index (χ1v) is 12.3. The lowest BCUT2D eigenvalue weighted by Gasteiger charge is -2.27. The molecule has 0 atom stereocenters. The van der Waals surface area contributed by atoms with Crippen LogP contribution in [0, 0.1) is 5.82 Å². The number of hydrogen-bond acceptors (Lipinski definition) is 7. The van der Waals surface area contributed by atoms with Crippen molar-refractivity contribution in [2.75, 3.05) is 13.7 Å². The molecule has 2 aromatic heterocycles. The minimum absolute atomic E-state index is 0.00302. The molecule has 1 aliphatic rings. The summed E-state index contributed by atoms with van der Waals surface area (Å²) in [5, 5.41) is 4.01. The molecule has 3 heterocycles. The van der Waals surface area contributed by atoms with E-state index in [1.807, 2.05) is 0 Å². The Morgan fingerprint density at radius 1 is 1.24 bits per heavy atom. The molecule has 0 fully saturated rings. The lowest BCUT2D eigenvalue weighted by atomic mass is 10.0. The number of sulfonamides is 1. The van der Waals surface area contributed by atoms with Gasteiger partial charge in [0.25, 0.3) is 15.9 Å². The number of methoxy groups -OCH3 is 1. The van der Waals surface area contributed by atoms with Gasteiger partial charge in [-0.3, -0.25) is 9.48 Å². The molecule has 1 N–H and O–H groups in total. The van der Waals surface area contributed by atoms with Gasteiger partial charge in [0.05, 0.1) is 19.2 Å². The Morgan fingerprint density at radius 2 is 1.97 bits per heavy atom. The van der Waals surface area contributed by atoms with E-state index in [9.17, 15) is 22.4 Å². The van der Waals surface area contributed by atoms with Crippen LogP contribution in [-0.4, -0.2) is 48.6 Å². The van der Waals surface area contributed by atoms with Crippen LogP contribution in [0.2, 0.25) is 0 Å². The van der Waals surface area contributed by atoms with Crippen molar-refractivity contribution in [1.82, 2.24) is 19.4 Å². The highest BCUT2D eigenvalue weighted by molar-refractivity contribution is 7.91. The predicted octanol–water partition coefficient (Wildman–Crippen LogP) is 2.08. The van der Waals surface area contributed by atoms with Crippen molar-refractivity contribution in [1.29, 1.82) is 0 Å². The summed E-state index contributed by atoms with van der Waals surface area (Å²) >= 11 is 0.945. The maximum Gasteiger partial charge on any atom is 0.340 e. The highest BCUT2D eigenvalue weighted by atomic mass is 32.2. The number of nitrogens with zero attached hydrogens (tertiary/aromatic N) is 3. The third-order valence-electron chi connectivity index (χ3n) is 5.36. The zero-order valence-corrected chi connectivity index (χ0v) is 19.5. The monoisotopic (exact) mass is 492 g/mol. The summed E-state index contributed by atoms with van der Waals surface area (Å²) in [7, 11) is -1.22. The van der Waals surface area contributed by atoms with E-state index < -0.39 is 21.8 Å². The Balaban J connectivity index is 1.63. The number of carbonyl (C=O) groups excluding carboxylic acids is 2. The number of aryl methyl sites for hydroxylation is 1. The van der Waals surface area contributed by atoms with Crippen molar-refractivity contribution in [2.45, 2.75) is 23.7 Å². The molecular weight excluding hydrogens is 471 g/mol. The first-order valence-electron chi connectivity index (χ1n) is 9.95. The molecule has 9 nitrogen and oxygen atoms in total. The molecule has 174 valence electrons. The van der Waals surface area contributed by atoms with Crippen LogP contribution < -0.4 is 4.72 Å². The number of halogens is 1. The van der Waals surface area contributed by atoms with E-state index in [1.165, 1.54) is 42.3 Å². The van der Waals surface area contributed by atoms with Crippen molar-refractivity contribution in [3.05, 3.63) is 69.6 Å². The Labute approximate surface area is 193 Å². The van der Waals surface area contributed by atoms with Crippen LogP contribution in [0.15, 0.2) is 40.7 Å². The number of esters is 1. The topological polar surface area (TPSA) is 111 Å². The molecule has 1 aliphatic heterocycles. The van der Waals surface area contributed by atoms with Gasteiger partial charge in [-0.1, -0.05) is 12.1 Å². The van der Waals surface area contributed by atoms with E-state index in [0.29, 0.717) is 34.7 Å². The molecule has 3 aromatic rings. The highest BCUT2D eigenvalue weighted by Gasteiger charge is 2.35. The molecule has 4 rings (SSSR count). The normalized spacial score (nSPS) is 13.6. The molecule has 0 saturated heterocycles. The summed E-state index contributed by atoms with van der Waals surface area (Å²) in [6.45, 7) is 0.415. The number of amides is 1. The number of aromatic nitrogens is 2. The van der Waals surface area contributed by atoms with Crippen LogP contribution >= 0.6 is 11.3 Å². The van der Waals surface area contributed by atoms with Gasteiger partial charge in [0, 0.05) is 31.2 Å². The molecule has 0 unspecified atom stereocenters. The second-order valence-corrected chi connectivity index (χ2v) is 10.5. The summed E-state index contributed by atoms with van der Waals surface area (Å²) in [4.78, 5) is 27.6. The number of carbonyl (C=O) groups is 2. The number of nitrogens with one attached hydrogen (secondary N) is 1. The van der Waals surface area contributed by atoms with Crippen molar-refractivity contribution < 1.29 is 27.1 Å². The molecule has 0 radical (unpaired) electrons. The molecule has 33 heavy (non-hydrogen) atoms. The van der Waals surface area contributed by atoms with Crippen LogP contribution in [-0.2, 0) is 41.3 Å². The van der Waals surface area contributed by atoms with Crippen molar-refractivity contribution in [2.24, 2.45) is 7.05 Å². The van der Waals surface area contributed by atoms with Crippen LogP contribution in [0.25, 0.3) is 0 Å². The Morgan fingerprint density at radius 3 is 2.61 bits per heavy atom. The number of ether oxygens (including phenoxy) is 1. The number of fused-ring (bicyclic) bond motifs is 1. The second-order valence-electron chi connectivity index (χ2n) is 7.43. The average molecular weight is 493 g/mol. The van der Waals surface area contributed by atoms with E-state index >= 15 is 0 Å². The quantitative estimate of drug-likeness (QED) is 0.528. The lowest BCUT2D eigenvalue weighted by Crippen LogP contribution is -2.36. The molecule has 0 aliphatic carbocycles. The Hall–Kier alpha value is -3.09. The van der Waals surface area contributed by atoms with Gasteiger partial charge in [-0.15, -0.1) is 11.3 Å². The largest absolute Gasteiger partial charge is 0.465 e. The zero-order chi connectivity index (χ0) is 23.8. The smallest absolute Gasteiger partial charge is 0.340 e. The summed E-state index contributed by atoms with van der Waals surface area (Å²) < 4.78 is 48.0. The Bertz CT molecular complexity index is 1310. The fraction of sp³-hybridized carbons (Fsp3) is 0.286. The van der Waals surface area contributed by atoms with Crippen LogP contribution in [0.3, 0.4) is 0 Å². The maximum atomic E-state index is 13.1. The third-order valence-corrected chi connectivity index (χ3v) is 8.50. The minimum Gasteiger partial charge on any atom is -0.465 e. The first-order chi connectivity index (χ1) is 15.7. The fourth-order valence-corrected chi connectivity index (χ4v) is 6.60. The zero-order valence-electron chi connectivity index (χ0n) is 17.9. The molecular formula is C21H21FN4O5S2. The standard InChI is InChI=1S/C21H21FN4O5S2/c1-25-16(7-9-23-25)19(27)26-10-8-15-17(12-26)32-21(18(15)20(28)31-2)33(29,30)24-11-13-3-5-14(22)6-4-13/h3-7,9,24H,8,10-12H2,1-2H3. The van der Waals surface area contributed by atoms with E-state index in [0.717, 1.165) is 11.3 Å². The van der Waals surface area contributed by atoms with E-state index in [2.05, 4.69) is 9.82 Å². The van der Waals surface area contributed by atoms with Crippen LogP contribution in [0.4, 0.5) is 4.39 Å². The van der Waals surface area contributed by atoms with E-state index in [4.69, 9.17) is 4.74 Å².